The Morgan fingerprint density at radius 1 is 1.45 bits per heavy atom. The van der Waals surface area contributed by atoms with Crippen LogP contribution in [0.1, 0.15) is 10.4 Å². The smallest absolute Gasteiger partial charge is 0.251 e. The lowest BCUT2D eigenvalue weighted by molar-refractivity contribution is -0.116. The van der Waals surface area contributed by atoms with Crippen molar-refractivity contribution < 1.29 is 14.0 Å². The van der Waals surface area contributed by atoms with Crippen LogP contribution < -0.4 is 11.1 Å². The monoisotopic (exact) mass is 296 g/mol. The summed E-state index contributed by atoms with van der Waals surface area (Å²) in [5, 5.41) is 6.26. The van der Waals surface area contributed by atoms with Gasteiger partial charge in [0, 0.05) is 11.9 Å². The van der Waals surface area contributed by atoms with Crippen molar-refractivity contribution >= 4 is 29.1 Å². The first-order valence-electron chi connectivity index (χ1n) is 5.53. The lowest BCUT2D eigenvalue weighted by atomic mass is 10.3. The number of nitrogens with two attached hydrogens (primary N) is 1. The molecule has 0 radical (unpaired) electrons. The number of carbonyl (C=O) groups is 2. The summed E-state index contributed by atoms with van der Waals surface area (Å²) < 4.78 is 14.2. The molecular formula is C12H10ClFN4O2. The summed E-state index contributed by atoms with van der Waals surface area (Å²) in [6, 6.07) is 3.83. The summed E-state index contributed by atoms with van der Waals surface area (Å²) in [7, 11) is 0. The highest BCUT2D eigenvalue weighted by Gasteiger charge is 2.09. The van der Waals surface area contributed by atoms with Crippen molar-refractivity contribution in [3.8, 4) is 0 Å². The van der Waals surface area contributed by atoms with Crippen LogP contribution in [0.15, 0.2) is 30.6 Å². The lowest BCUT2D eigenvalue weighted by Gasteiger charge is -2.06. The summed E-state index contributed by atoms with van der Waals surface area (Å²) in [6.07, 6.45) is 2.63. The first kappa shape index (κ1) is 14.0. The number of hydrogen-bond acceptors (Lipinski definition) is 3. The second-order valence-electron chi connectivity index (χ2n) is 3.97. The third-order valence-corrected chi connectivity index (χ3v) is 2.72. The van der Waals surface area contributed by atoms with Gasteiger partial charge >= 0.3 is 0 Å². The molecule has 0 fully saturated rings. The molecule has 0 saturated carbocycles. The Hall–Kier alpha value is -2.41. The summed E-state index contributed by atoms with van der Waals surface area (Å²) in [6.45, 7) is -0.109. The molecule has 0 aliphatic carbocycles. The number of carbonyl (C=O) groups excluding carboxylic acids is 2. The van der Waals surface area contributed by atoms with E-state index in [2.05, 4.69) is 10.4 Å². The number of amides is 2. The Kier molecular flexibility index (Phi) is 3.99. The molecule has 1 heterocycles. The third-order valence-electron chi connectivity index (χ3n) is 2.43. The predicted molar refractivity (Wildman–Crippen MR) is 70.8 cm³/mol. The van der Waals surface area contributed by atoms with Gasteiger partial charge in [-0.2, -0.15) is 5.10 Å². The maximum atomic E-state index is 13.0. The molecule has 0 atom stereocenters. The fourth-order valence-corrected chi connectivity index (χ4v) is 1.68. The average molecular weight is 297 g/mol. The van der Waals surface area contributed by atoms with Crippen molar-refractivity contribution in [2.24, 2.45) is 5.73 Å². The standard InChI is InChI=1S/C12H10ClFN4O2/c13-9-3-8(1-2-10(9)14)17-11(19)6-18-5-7(4-16-18)12(15)20/h1-5H,6H2,(H2,15,20)(H,17,19). The van der Waals surface area contributed by atoms with Gasteiger partial charge in [0.15, 0.2) is 0 Å². The van der Waals surface area contributed by atoms with Crippen LogP contribution in [0.2, 0.25) is 5.02 Å². The molecule has 0 bridgehead atoms. The van der Waals surface area contributed by atoms with Crippen LogP contribution in [0.4, 0.5) is 10.1 Å². The van der Waals surface area contributed by atoms with Crippen molar-refractivity contribution in [2.45, 2.75) is 6.54 Å². The number of primary amides is 1. The fourth-order valence-electron chi connectivity index (χ4n) is 1.50. The predicted octanol–water partition coefficient (Wildman–Crippen LogP) is 1.41. The van der Waals surface area contributed by atoms with E-state index in [1.807, 2.05) is 0 Å². The van der Waals surface area contributed by atoms with Crippen LogP contribution in [0, 0.1) is 5.82 Å². The molecule has 0 aliphatic rings. The number of anilines is 1. The Labute approximate surface area is 118 Å². The van der Waals surface area contributed by atoms with Gasteiger partial charge in [-0.3, -0.25) is 14.3 Å². The van der Waals surface area contributed by atoms with E-state index in [-0.39, 0.29) is 17.1 Å². The molecule has 0 spiro atoms. The largest absolute Gasteiger partial charge is 0.366 e. The van der Waals surface area contributed by atoms with Gasteiger partial charge in [-0.25, -0.2) is 4.39 Å². The summed E-state index contributed by atoms with van der Waals surface area (Å²) in [5.74, 6) is -1.59. The van der Waals surface area contributed by atoms with Crippen molar-refractivity contribution in [3.05, 3.63) is 47.0 Å². The van der Waals surface area contributed by atoms with E-state index >= 15 is 0 Å². The van der Waals surface area contributed by atoms with Crippen LogP contribution in [0.25, 0.3) is 0 Å². The molecular weight excluding hydrogens is 287 g/mol. The van der Waals surface area contributed by atoms with E-state index in [1.165, 1.54) is 29.2 Å². The van der Waals surface area contributed by atoms with Crippen molar-refractivity contribution in [3.63, 3.8) is 0 Å². The molecule has 2 rings (SSSR count). The first-order chi connectivity index (χ1) is 9.45. The highest BCUT2D eigenvalue weighted by atomic mass is 35.5. The van der Waals surface area contributed by atoms with Gasteiger partial charge in [0.2, 0.25) is 5.91 Å². The molecule has 3 N–H and O–H groups in total. The van der Waals surface area contributed by atoms with E-state index in [0.29, 0.717) is 5.69 Å². The number of rotatable bonds is 4. The SMILES string of the molecule is NC(=O)c1cnn(CC(=O)Nc2ccc(F)c(Cl)c2)c1. The second kappa shape index (κ2) is 5.70. The maximum Gasteiger partial charge on any atom is 0.251 e. The van der Waals surface area contributed by atoms with Crippen LogP contribution in [-0.2, 0) is 11.3 Å². The van der Waals surface area contributed by atoms with Gasteiger partial charge in [0.25, 0.3) is 5.91 Å². The molecule has 20 heavy (non-hydrogen) atoms. The van der Waals surface area contributed by atoms with Crippen molar-refractivity contribution in [1.82, 2.24) is 9.78 Å². The normalized spacial score (nSPS) is 10.3. The van der Waals surface area contributed by atoms with Gasteiger partial charge in [-0.05, 0) is 18.2 Å². The molecule has 0 aliphatic heterocycles. The number of halogens is 2. The quantitative estimate of drug-likeness (QED) is 0.894. The molecule has 104 valence electrons. The Morgan fingerprint density at radius 2 is 2.20 bits per heavy atom. The van der Waals surface area contributed by atoms with E-state index in [4.69, 9.17) is 17.3 Å². The van der Waals surface area contributed by atoms with Gasteiger partial charge in [0.1, 0.15) is 12.4 Å². The summed E-state index contributed by atoms with van der Waals surface area (Å²) in [4.78, 5) is 22.6. The minimum Gasteiger partial charge on any atom is -0.366 e. The highest BCUT2D eigenvalue weighted by Crippen LogP contribution is 2.19. The number of benzene rings is 1. The molecule has 0 unspecified atom stereocenters. The van der Waals surface area contributed by atoms with Gasteiger partial charge in [0.05, 0.1) is 16.8 Å². The fraction of sp³-hybridized carbons (Fsp3) is 0.0833. The molecule has 8 heteroatoms. The first-order valence-corrected chi connectivity index (χ1v) is 5.90. The van der Waals surface area contributed by atoms with Crippen molar-refractivity contribution in [2.75, 3.05) is 5.32 Å². The van der Waals surface area contributed by atoms with E-state index in [1.54, 1.807) is 0 Å². The van der Waals surface area contributed by atoms with Crippen LogP contribution in [-0.4, -0.2) is 21.6 Å². The summed E-state index contributed by atoms with van der Waals surface area (Å²) >= 11 is 5.60. The van der Waals surface area contributed by atoms with Crippen LogP contribution in [0.5, 0.6) is 0 Å². The zero-order valence-corrected chi connectivity index (χ0v) is 10.9. The minimum atomic E-state index is -0.623. The van der Waals surface area contributed by atoms with Gasteiger partial charge < -0.3 is 11.1 Å². The summed E-state index contributed by atoms with van der Waals surface area (Å²) in [5.41, 5.74) is 5.64. The third kappa shape index (κ3) is 3.33. The van der Waals surface area contributed by atoms with E-state index in [9.17, 15) is 14.0 Å². The van der Waals surface area contributed by atoms with Crippen LogP contribution >= 0.6 is 11.6 Å². The number of nitrogens with zero attached hydrogens (tertiary/aromatic N) is 2. The van der Waals surface area contributed by atoms with Gasteiger partial charge in [-0.15, -0.1) is 0 Å². The lowest BCUT2D eigenvalue weighted by Crippen LogP contribution is -2.19. The zero-order chi connectivity index (χ0) is 14.7. The average Bonchev–Trinajstić information content (AvgIpc) is 2.82. The van der Waals surface area contributed by atoms with Crippen LogP contribution in [0.3, 0.4) is 0 Å². The molecule has 6 nitrogen and oxygen atoms in total. The molecule has 0 saturated heterocycles. The molecule has 2 amide bonds. The zero-order valence-electron chi connectivity index (χ0n) is 10.1. The number of aromatic nitrogens is 2. The van der Waals surface area contributed by atoms with E-state index < -0.39 is 17.6 Å². The second-order valence-corrected chi connectivity index (χ2v) is 4.38. The maximum absolute atomic E-state index is 13.0. The molecule has 1 aromatic heterocycles. The van der Waals surface area contributed by atoms with Gasteiger partial charge in [-0.1, -0.05) is 11.6 Å². The Balaban J connectivity index is 2.01. The Morgan fingerprint density at radius 3 is 2.80 bits per heavy atom. The van der Waals surface area contributed by atoms with Crippen molar-refractivity contribution in [1.29, 1.82) is 0 Å². The van der Waals surface area contributed by atoms with E-state index in [0.717, 1.165) is 6.07 Å². The highest BCUT2D eigenvalue weighted by molar-refractivity contribution is 6.31. The number of nitrogens with one attached hydrogen (secondary N) is 1. The minimum absolute atomic E-state index is 0.0853. The molecule has 2 aromatic rings. The Bertz CT molecular complexity index is 671. The molecule has 1 aromatic carbocycles. The topological polar surface area (TPSA) is 90.0 Å². The number of hydrogen-bond donors (Lipinski definition) is 2.